The summed E-state index contributed by atoms with van der Waals surface area (Å²) in [6, 6.07) is 43.9. The number of para-hydroxylation sites is 2. The van der Waals surface area contributed by atoms with Gasteiger partial charge in [0.2, 0.25) is 0 Å². The minimum atomic E-state index is -0.448. The summed E-state index contributed by atoms with van der Waals surface area (Å²) in [6.45, 7) is 6.67. The van der Waals surface area contributed by atoms with Crippen LogP contribution < -0.4 is 31.4 Å². The van der Waals surface area contributed by atoms with Crippen molar-refractivity contribution in [2.24, 2.45) is 7.05 Å². The molecule has 0 atom stereocenters. The average Bonchev–Trinajstić information content (AvgIpc) is 0.854. The summed E-state index contributed by atoms with van der Waals surface area (Å²) in [4.78, 5) is 90.8. The first-order valence-electron chi connectivity index (χ1n) is 29.7. The van der Waals surface area contributed by atoms with Crippen LogP contribution in [0.25, 0.3) is 32.7 Å². The maximum absolute atomic E-state index is 14.3. The normalized spacial score (nSPS) is 14.1. The summed E-state index contributed by atoms with van der Waals surface area (Å²) in [5.41, 5.74) is 3.46. The highest BCUT2D eigenvalue weighted by Gasteiger charge is 2.31. The zero-order chi connectivity index (χ0) is 64.6. The number of aromatic nitrogens is 3. The molecular weight excluding hydrogens is 1250 g/mol. The summed E-state index contributed by atoms with van der Waals surface area (Å²) in [5, 5.41) is 47.2. The Morgan fingerprint density at radius 1 is 0.500 bits per heavy atom. The molecule has 466 valence electrons. The van der Waals surface area contributed by atoms with Gasteiger partial charge in [0.15, 0.2) is 0 Å². The predicted octanol–water partition coefficient (Wildman–Crippen LogP) is 9.45. The van der Waals surface area contributed by atoms with Gasteiger partial charge in [-0.15, -0.1) is 34.0 Å². The van der Waals surface area contributed by atoms with Gasteiger partial charge in [-0.2, -0.15) is 15.8 Å². The van der Waals surface area contributed by atoms with Crippen molar-refractivity contribution in [2.75, 3.05) is 99.8 Å². The average molecular weight is 1310 g/mol. The van der Waals surface area contributed by atoms with E-state index in [9.17, 15) is 54.0 Å². The van der Waals surface area contributed by atoms with Gasteiger partial charge in [0.05, 0.1) is 54.8 Å². The molecular formula is C68H60ClFN12O7S3. The number of benzene rings is 4. The van der Waals surface area contributed by atoms with Crippen molar-refractivity contribution in [3.8, 4) is 18.2 Å². The van der Waals surface area contributed by atoms with E-state index >= 15 is 0 Å². The third kappa shape index (κ3) is 12.9. The lowest BCUT2D eigenvalue weighted by molar-refractivity contribution is 0.0744. The van der Waals surface area contributed by atoms with E-state index in [2.05, 4.69) is 18.2 Å². The molecule has 0 unspecified atom stereocenters. The van der Waals surface area contributed by atoms with Crippen LogP contribution in [0.1, 0.15) is 57.7 Å². The van der Waals surface area contributed by atoms with Crippen LogP contribution in [0.3, 0.4) is 0 Å². The molecule has 0 spiro atoms. The van der Waals surface area contributed by atoms with Crippen LogP contribution in [0, 0.1) is 39.8 Å². The molecule has 1 N–H and O–H groups in total. The number of hydrogen-bond donors (Lipinski definition) is 1. The molecule has 3 aliphatic rings. The number of aliphatic hydroxyl groups is 1. The smallest absolute Gasteiger partial charge is 0.271 e. The van der Waals surface area contributed by atoms with Crippen molar-refractivity contribution in [1.82, 2.24) is 28.4 Å². The van der Waals surface area contributed by atoms with Gasteiger partial charge in [-0.1, -0.05) is 84.4 Å². The molecule has 0 bridgehead atoms. The molecule has 92 heavy (non-hydrogen) atoms. The van der Waals surface area contributed by atoms with Gasteiger partial charge in [-0.25, -0.2) is 4.39 Å². The number of piperazine rings is 3. The highest BCUT2D eigenvalue weighted by atomic mass is 35.5. The Labute approximate surface area is 544 Å². The van der Waals surface area contributed by atoms with Gasteiger partial charge in [0.25, 0.3) is 34.4 Å². The summed E-state index contributed by atoms with van der Waals surface area (Å²) in [7, 11) is 1.65. The van der Waals surface area contributed by atoms with Crippen molar-refractivity contribution >= 4 is 113 Å². The zero-order valence-corrected chi connectivity index (χ0v) is 53.1. The first kappa shape index (κ1) is 63.6. The van der Waals surface area contributed by atoms with Gasteiger partial charge in [0, 0.05) is 125 Å². The maximum atomic E-state index is 14.3. The number of aryl methyl sites for hydroxylation is 2. The summed E-state index contributed by atoms with van der Waals surface area (Å²) < 4.78 is 18.9. The van der Waals surface area contributed by atoms with Crippen LogP contribution in [0.2, 0.25) is 5.02 Å². The van der Waals surface area contributed by atoms with Gasteiger partial charge >= 0.3 is 0 Å². The summed E-state index contributed by atoms with van der Waals surface area (Å²) >= 11 is 10.5. The van der Waals surface area contributed by atoms with Crippen molar-refractivity contribution in [2.45, 2.75) is 19.5 Å². The molecule has 9 heterocycles. The maximum Gasteiger partial charge on any atom is 0.271 e. The number of fused-ring (bicyclic) bond motifs is 3. The second-order valence-corrected chi connectivity index (χ2v) is 25.1. The molecule has 6 aromatic heterocycles. The molecule has 3 saturated heterocycles. The molecule has 0 saturated carbocycles. The largest absolute Gasteiger partial charge is 0.396 e. The minimum Gasteiger partial charge on any atom is -0.396 e. The highest BCUT2D eigenvalue weighted by Crippen LogP contribution is 2.34. The third-order valence-electron chi connectivity index (χ3n) is 16.6. The lowest BCUT2D eigenvalue weighted by atomic mass is 10.1. The highest BCUT2D eigenvalue weighted by molar-refractivity contribution is 7.12. The number of amides is 3. The van der Waals surface area contributed by atoms with Crippen molar-refractivity contribution in [1.29, 1.82) is 15.8 Å². The van der Waals surface area contributed by atoms with E-state index in [1.165, 1.54) is 49.2 Å². The molecule has 3 aliphatic heterocycles. The Balaban J connectivity index is 0.000000142. The number of aliphatic hydroxyl groups excluding tert-OH is 1. The quantitative estimate of drug-likeness (QED) is 0.127. The van der Waals surface area contributed by atoms with E-state index in [1.54, 1.807) is 52.9 Å². The van der Waals surface area contributed by atoms with Gasteiger partial charge < -0.3 is 48.2 Å². The lowest BCUT2D eigenvalue weighted by Gasteiger charge is -2.37. The molecule has 13 rings (SSSR count). The molecule has 0 aliphatic carbocycles. The van der Waals surface area contributed by atoms with E-state index in [4.69, 9.17) is 11.6 Å². The van der Waals surface area contributed by atoms with Crippen LogP contribution in [0.15, 0.2) is 158 Å². The van der Waals surface area contributed by atoms with Gasteiger partial charge in [0.1, 0.15) is 40.7 Å². The minimum absolute atomic E-state index is 0.000296. The number of nitriles is 3. The fraction of sp³-hybridized carbons (Fsp3) is 0.250. The van der Waals surface area contributed by atoms with Crippen LogP contribution >= 0.6 is 45.6 Å². The molecule has 19 nitrogen and oxygen atoms in total. The Hall–Kier alpha value is -9.93. The number of pyridine rings is 3. The van der Waals surface area contributed by atoms with Crippen LogP contribution in [0.5, 0.6) is 0 Å². The monoisotopic (exact) mass is 1310 g/mol. The number of rotatable bonds is 11. The molecule has 24 heteroatoms. The first-order chi connectivity index (χ1) is 44.7. The standard InChI is InChI=1S/C26H21FN4O2S.C22H22N4O3S.C20H17ClN4O2S/c27-21-8-3-1-6-18(21)17-31-22-9-4-2-7-19(22)24(20(16-28)25(31)32)29-11-13-30(14-12-29)26(33)23-10-5-15-34-23;23-15-17-20(16-5-1-2-6-18(16)26(21(17)28)8-4-13-27)24-9-11-25(12-10-24)22(29)19-7-3-14-30-19;1-23-16-5-4-13(21)11-14(16)18(15(12-22)19(23)26)24-6-8-25(9-7-24)20(27)17-3-2-10-28-17/h1-10,15H,11-14,17H2;1-3,5-7,14,27H,4,8-13H2;2-5,10-11H,6-9H2,1H3. The van der Waals surface area contributed by atoms with Gasteiger partial charge in [-0.05, 0) is 77.2 Å². The fourth-order valence-corrected chi connectivity index (χ4v) is 14.3. The topological polar surface area (TPSA) is 228 Å². The number of carbonyl (C=O) groups is 3. The number of hydrogen-bond acceptors (Lipinski definition) is 16. The molecule has 10 aromatic rings. The number of halogens is 2. The van der Waals surface area contributed by atoms with E-state index in [0.29, 0.717) is 130 Å². The molecule has 3 fully saturated rings. The Morgan fingerprint density at radius 2 is 0.902 bits per heavy atom. The van der Waals surface area contributed by atoms with E-state index in [1.807, 2.05) is 126 Å². The van der Waals surface area contributed by atoms with Crippen LogP contribution in [-0.4, -0.2) is 136 Å². The molecule has 3 amide bonds. The van der Waals surface area contributed by atoms with Crippen molar-refractivity contribution in [3.63, 3.8) is 0 Å². The van der Waals surface area contributed by atoms with Crippen molar-refractivity contribution < 1.29 is 23.9 Å². The number of thiophene rings is 3. The summed E-state index contributed by atoms with van der Waals surface area (Å²) in [6.07, 6.45) is 0.442. The predicted molar refractivity (Wildman–Crippen MR) is 359 cm³/mol. The number of anilines is 3. The van der Waals surface area contributed by atoms with Crippen LogP contribution in [-0.2, 0) is 20.1 Å². The lowest BCUT2D eigenvalue weighted by Crippen LogP contribution is -2.49. The second kappa shape index (κ2) is 28.5. The Kier molecular flexibility index (Phi) is 19.7. The van der Waals surface area contributed by atoms with Gasteiger partial charge in [-0.3, -0.25) is 28.8 Å². The number of carbonyl (C=O) groups excluding carboxylic acids is 3. The van der Waals surface area contributed by atoms with E-state index in [0.717, 1.165) is 36.9 Å². The van der Waals surface area contributed by atoms with Crippen LogP contribution in [0.4, 0.5) is 21.5 Å². The summed E-state index contributed by atoms with van der Waals surface area (Å²) in [5.74, 6) is -0.352. The second-order valence-electron chi connectivity index (χ2n) is 21.9. The fourth-order valence-electron chi connectivity index (χ4n) is 12.0. The zero-order valence-electron chi connectivity index (χ0n) is 49.9. The third-order valence-corrected chi connectivity index (χ3v) is 19.4. The van der Waals surface area contributed by atoms with Crippen molar-refractivity contribution in [3.05, 3.63) is 222 Å². The Bertz CT molecular complexity index is 4720. The Morgan fingerprint density at radius 3 is 1.33 bits per heavy atom. The van der Waals surface area contributed by atoms with E-state index in [-0.39, 0.29) is 58.7 Å². The first-order valence-corrected chi connectivity index (χ1v) is 32.7. The molecule has 4 aromatic carbocycles. The molecule has 0 radical (unpaired) electrons. The van der Waals surface area contributed by atoms with E-state index < -0.39 is 11.4 Å². The SMILES string of the molecule is Cn1c(=O)c(C#N)c(N2CCN(C(=O)c3cccs3)CC2)c2cc(Cl)ccc21.N#Cc1c(N2CCN(C(=O)c3cccs3)CC2)c2ccccc2n(CCCO)c1=O.N#Cc1c(N2CCN(C(=O)c3cccs3)CC2)c2ccccc2n(Cc2ccccc2F)c1=O. The number of nitrogens with zero attached hydrogens (tertiary/aromatic N) is 12.